The van der Waals surface area contributed by atoms with E-state index in [1.165, 1.54) is 18.2 Å². The molecule has 0 radical (unpaired) electrons. The van der Waals surface area contributed by atoms with Crippen molar-refractivity contribution in [2.75, 3.05) is 6.61 Å². The van der Waals surface area contributed by atoms with Gasteiger partial charge in [-0.25, -0.2) is 0 Å². The van der Waals surface area contributed by atoms with Gasteiger partial charge in [-0.2, -0.15) is 17.6 Å². The Morgan fingerprint density at radius 2 is 2.00 bits per heavy atom. The highest BCUT2D eigenvalue weighted by Gasteiger charge is 2.43. The van der Waals surface area contributed by atoms with E-state index in [1.807, 2.05) is 0 Å². The van der Waals surface area contributed by atoms with Crippen LogP contribution in [-0.4, -0.2) is 24.2 Å². The predicted octanol–water partition coefficient (Wildman–Crippen LogP) is 3.09. The fourth-order valence-electron chi connectivity index (χ4n) is 1.40. The maximum absolute atomic E-state index is 12.7. The van der Waals surface area contributed by atoms with Crippen molar-refractivity contribution < 1.29 is 27.4 Å². The van der Waals surface area contributed by atoms with Crippen LogP contribution in [0.5, 0.6) is 5.75 Å². The third-order valence-corrected chi connectivity index (χ3v) is 2.30. The summed E-state index contributed by atoms with van der Waals surface area (Å²) < 4.78 is 53.2. The highest BCUT2D eigenvalue weighted by atomic mass is 19.3. The summed E-state index contributed by atoms with van der Waals surface area (Å²) >= 11 is 0. The van der Waals surface area contributed by atoms with Crippen molar-refractivity contribution in [3.63, 3.8) is 0 Å². The number of hydrogen-bond donors (Lipinski definition) is 1. The summed E-state index contributed by atoms with van der Waals surface area (Å²) in [4.78, 5) is 0. The molecule has 0 heterocycles. The van der Waals surface area contributed by atoms with Crippen molar-refractivity contribution in [3.05, 3.63) is 29.8 Å². The topological polar surface area (TPSA) is 29.5 Å². The van der Waals surface area contributed by atoms with E-state index in [1.54, 1.807) is 13.0 Å². The van der Waals surface area contributed by atoms with Gasteiger partial charge in [0.1, 0.15) is 5.75 Å². The molecule has 0 fully saturated rings. The molecule has 102 valence electrons. The molecule has 0 saturated carbocycles. The molecule has 1 atom stereocenters. The summed E-state index contributed by atoms with van der Waals surface area (Å²) in [5.74, 6) is -0.362. The monoisotopic (exact) mass is 266 g/mol. The normalized spacial score (nSPS) is 13.7. The molecule has 0 saturated heterocycles. The molecule has 0 amide bonds. The summed E-state index contributed by atoms with van der Waals surface area (Å²) in [6.45, 7) is 1.74. The second kappa shape index (κ2) is 6.04. The number of benzene rings is 1. The van der Waals surface area contributed by atoms with Crippen LogP contribution in [0.2, 0.25) is 0 Å². The van der Waals surface area contributed by atoms with Crippen molar-refractivity contribution in [1.29, 1.82) is 0 Å². The lowest BCUT2D eigenvalue weighted by Crippen LogP contribution is -2.33. The molecule has 18 heavy (non-hydrogen) atoms. The smallest absolute Gasteiger partial charge is 0.428 e. The molecule has 0 aliphatic heterocycles. The lowest BCUT2D eigenvalue weighted by atomic mass is 10.0. The molecule has 0 aliphatic rings. The molecule has 1 rings (SSSR count). The first-order chi connectivity index (χ1) is 8.35. The summed E-state index contributed by atoms with van der Waals surface area (Å²) in [5.41, 5.74) is 0.638. The van der Waals surface area contributed by atoms with Gasteiger partial charge in [0, 0.05) is 6.61 Å². The minimum atomic E-state index is -4.50. The van der Waals surface area contributed by atoms with E-state index < -0.39 is 12.5 Å². The molecule has 2 nitrogen and oxygen atoms in total. The summed E-state index contributed by atoms with van der Waals surface area (Å²) in [6, 6.07) is 5.54. The lowest BCUT2D eigenvalue weighted by molar-refractivity contribution is -0.253. The van der Waals surface area contributed by atoms with E-state index >= 15 is 0 Å². The third-order valence-electron chi connectivity index (χ3n) is 2.30. The number of rotatable bonds is 6. The fraction of sp³-hybridized carbons (Fsp3) is 0.500. The lowest BCUT2D eigenvalue weighted by Gasteiger charge is -2.17. The van der Waals surface area contributed by atoms with E-state index in [-0.39, 0.29) is 18.3 Å². The van der Waals surface area contributed by atoms with Crippen LogP contribution >= 0.6 is 0 Å². The summed E-state index contributed by atoms with van der Waals surface area (Å²) in [6.07, 6.45) is -7.92. The molecule has 0 spiro atoms. The first-order valence-corrected chi connectivity index (χ1v) is 5.40. The Balaban J connectivity index is 2.76. The fourth-order valence-corrected chi connectivity index (χ4v) is 1.40. The van der Waals surface area contributed by atoms with Crippen molar-refractivity contribution in [1.82, 2.24) is 0 Å². The Labute approximate surface area is 102 Å². The van der Waals surface area contributed by atoms with Crippen molar-refractivity contribution in [3.8, 4) is 5.75 Å². The first-order valence-electron chi connectivity index (χ1n) is 5.40. The van der Waals surface area contributed by atoms with Crippen LogP contribution in [0.15, 0.2) is 24.3 Å². The van der Waals surface area contributed by atoms with E-state index in [0.29, 0.717) is 12.0 Å². The number of ether oxygens (including phenoxy) is 1. The molecule has 6 heteroatoms. The number of aliphatic hydroxyl groups is 1. The van der Waals surface area contributed by atoms with Gasteiger partial charge in [-0.05, 0) is 30.0 Å². The molecule has 1 aromatic carbocycles. The molecule has 0 aliphatic carbocycles. The van der Waals surface area contributed by atoms with E-state index in [9.17, 15) is 17.6 Å². The number of aliphatic hydroxyl groups excluding tert-OH is 1. The van der Waals surface area contributed by atoms with Crippen LogP contribution in [0.1, 0.15) is 12.5 Å². The van der Waals surface area contributed by atoms with E-state index in [4.69, 9.17) is 5.11 Å². The van der Waals surface area contributed by atoms with Gasteiger partial charge in [-0.3, -0.25) is 0 Å². The van der Waals surface area contributed by atoms with Gasteiger partial charge in [0.05, 0.1) is 0 Å². The highest BCUT2D eigenvalue weighted by Crippen LogP contribution is 2.28. The molecule has 0 aromatic heterocycles. The Kier molecular flexibility index (Phi) is 4.95. The minimum Gasteiger partial charge on any atom is -0.428 e. The Morgan fingerprint density at radius 3 is 2.56 bits per heavy atom. The Hall–Kier alpha value is -1.30. The van der Waals surface area contributed by atoms with Gasteiger partial charge in [0.15, 0.2) is 0 Å². The largest absolute Gasteiger partial charge is 0.461 e. The van der Waals surface area contributed by atoms with Gasteiger partial charge in [0.2, 0.25) is 0 Å². The van der Waals surface area contributed by atoms with Gasteiger partial charge in [-0.15, -0.1) is 0 Å². The SMILES string of the molecule is CC(CO)Cc1cccc(OC(F)(F)C(F)F)c1. The molecular weight excluding hydrogens is 252 g/mol. The number of halogens is 4. The van der Waals surface area contributed by atoms with E-state index in [0.717, 1.165) is 0 Å². The van der Waals surface area contributed by atoms with E-state index in [2.05, 4.69) is 4.74 Å². The average Bonchev–Trinajstić information content (AvgIpc) is 2.28. The van der Waals surface area contributed by atoms with Crippen LogP contribution in [0.3, 0.4) is 0 Å². The molecular formula is C12H14F4O2. The van der Waals surface area contributed by atoms with Gasteiger partial charge < -0.3 is 9.84 Å². The van der Waals surface area contributed by atoms with Crippen LogP contribution in [-0.2, 0) is 6.42 Å². The zero-order valence-corrected chi connectivity index (χ0v) is 9.75. The van der Waals surface area contributed by atoms with Crippen LogP contribution in [0.4, 0.5) is 17.6 Å². The first kappa shape index (κ1) is 14.8. The molecule has 0 bridgehead atoms. The van der Waals surface area contributed by atoms with Crippen LogP contribution in [0, 0.1) is 5.92 Å². The van der Waals surface area contributed by atoms with Gasteiger partial charge >= 0.3 is 12.5 Å². The van der Waals surface area contributed by atoms with Gasteiger partial charge in [0.25, 0.3) is 0 Å². The maximum atomic E-state index is 12.7. The second-order valence-electron chi connectivity index (χ2n) is 4.10. The molecule has 1 aromatic rings. The number of alkyl halides is 4. The van der Waals surface area contributed by atoms with Crippen LogP contribution in [0.25, 0.3) is 0 Å². The highest BCUT2D eigenvalue weighted by molar-refractivity contribution is 5.29. The van der Waals surface area contributed by atoms with Crippen molar-refractivity contribution >= 4 is 0 Å². The van der Waals surface area contributed by atoms with Crippen LogP contribution < -0.4 is 4.74 Å². The zero-order valence-electron chi connectivity index (χ0n) is 9.75. The number of hydrogen-bond acceptors (Lipinski definition) is 2. The Bertz CT molecular complexity index is 382. The third kappa shape index (κ3) is 4.18. The predicted molar refractivity (Wildman–Crippen MR) is 58.0 cm³/mol. The van der Waals surface area contributed by atoms with Gasteiger partial charge in [-0.1, -0.05) is 19.1 Å². The minimum absolute atomic E-state index is 0.0434. The maximum Gasteiger partial charge on any atom is 0.461 e. The second-order valence-corrected chi connectivity index (χ2v) is 4.10. The summed E-state index contributed by atoms with van der Waals surface area (Å²) in [7, 11) is 0. The molecule has 1 N–H and O–H groups in total. The average molecular weight is 266 g/mol. The quantitative estimate of drug-likeness (QED) is 0.802. The van der Waals surface area contributed by atoms with Crippen molar-refractivity contribution in [2.24, 2.45) is 5.92 Å². The zero-order chi connectivity index (χ0) is 13.8. The molecule has 1 unspecified atom stereocenters. The summed E-state index contributed by atoms with van der Waals surface area (Å²) in [5, 5.41) is 8.87. The van der Waals surface area contributed by atoms with Crippen molar-refractivity contribution in [2.45, 2.75) is 25.9 Å². The Morgan fingerprint density at radius 1 is 1.33 bits per heavy atom. The standard InChI is InChI=1S/C12H14F4O2/c1-8(7-17)5-9-3-2-4-10(6-9)18-12(15,16)11(13)14/h2-4,6,8,11,17H,5,7H2,1H3.